The maximum absolute atomic E-state index is 5.88. The number of hydrogen-bond donors (Lipinski definition) is 1. The lowest BCUT2D eigenvalue weighted by Crippen LogP contribution is -1.99. The monoisotopic (exact) mass is 263 g/mol. The van der Waals surface area contributed by atoms with Crippen LogP contribution in [0.3, 0.4) is 0 Å². The summed E-state index contributed by atoms with van der Waals surface area (Å²) in [6.07, 6.45) is 0. The SMILES string of the molecule is COc1cc(N)ccc1COc1cccc(Cl)c1. The Bertz CT molecular complexity index is 543. The smallest absolute Gasteiger partial charge is 0.127 e. The molecule has 0 aliphatic carbocycles. The summed E-state index contributed by atoms with van der Waals surface area (Å²) in [4.78, 5) is 0. The quantitative estimate of drug-likeness (QED) is 0.859. The number of hydrogen-bond acceptors (Lipinski definition) is 3. The fourth-order valence-electron chi connectivity index (χ4n) is 1.60. The van der Waals surface area contributed by atoms with Gasteiger partial charge in [-0.3, -0.25) is 0 Å². The normalized spacial score (nSPS) is 10.1. The Kier molecular flexibility index (Phi) is 3.95. The number of rotatable bonds is 4. The van der Waals surface area contributed by atoms with Crippen LogP contribution in [0, 0.1) is 0 Å². The largest absolute Gasteiger partial charge is 0.496 e. The Balaban J connectivity index is 2.10. The van der Waals surface area contributed by atoms with Gasteiger partial charge in [-0.2, -0.15) is 0 Å². The predicted molar refractivity (Wildman–Crippen MR) is 73.2 cm³/mol. The van der Waals surface area contributed by atoms with Crippen molar-refractivity contribution in [3.05, 3.63) is 53.1 Å². The van der Waals surface area contributed by atoms with E-state index in [-0.39, 0.29) is 0 Å². The number of methoxy groups -OCH3 is 1. The van der Waals surface area contributed by atoms with E-state index in [0.29, 0.717) is 17.3 Å². The van der Waals surface area contributed by atoms with Crippen LogP contribution in [0.1, 0.15) is 5.56 Å². The molecule has 0 atom stereocenters. The third kappa shape index (κ3) is 3.08. The van der Waals surface area contributed by atoms with Crippen molar-refractivity contribution in [2.24, 2.45) is 0 Å². The van der Waals surface area contributed by atoms with Crippen molar-refractivity contribution in [3.8, 4) is 11.5 Å². The third-order valence-corrected chi connectivity index (χ3v) is 2.74. The molecule has 0 saturated carbocycles. The summed E-state index contributed by atoms with van der Waals surface area (Å²) in [5, 5.41) is 0.650. The second-order valence-electron chi connectivity index (χ2n) is 3.82. The molecule has 0 radical (unpaired) electrons. The Morgan fingerprint density at radius 3 is 2.72 bits per heavy atom. The molecule has 94 valence electrons. The molecule has 0 unspecified atom stereocenters. The van der Waals surface area contributed by atoms with E-state index in [4.69, 9.17) is 26.8 Å². The summed E-state index contributed by atoms with van der Waals surface area (Å²) in [6.45, 7) is 0.407. The molecule has 0 saturated heterocycles. The van der Waals surface area contributed by atoms with Gasteiger partial charge in [-0.05, 0) is 30.3 Å². The van der Waals surface area contributed by atoms with E-state index in [1.165, 1.54) is 0 Å². The Labute approximate surface area is 111 Å². The van der Waals surface area contributed by atoms with Crippen LogP contribution in [-0.4, -0.2) is 7.11 Å². The van der Waals surface area contributed by atoms with Crippen molar-refractivity contribution < 1.29 is 9.47 Å². The Morgan fingerprint density at radius 2 is 2.00 bits per heavy atom. The summed E-state index contributed by atoms with van der Waals surface area (Å²) in [5.74, 6) is 1.44. The summed E-state index contributed by atoms with van der Waals surface area (Å²) in [6, 6.07) is 12.8. The zero-order valence-corrected chi connectivity index (χ0v) is 10.8. The van der Waals surface area contributed by atoms with E-state index in [9.17, 15) is 0 Å². The van der Waals surface area contributed by atoms with E-state index in [2.05, 4.69) is 0 Å². The average Bonchev–Trinajstić information content (AvgIpc) is 2.37. The molecular weight excluding hydrogens is 250 g/mol. The minimum Gasteiger partial charge on any atom is -0.496 e. The van der Waals surface area contributed by atoms with Crippen LogP contribution in [0.25, 0.3) is 0 Å². The van der Waals surface area contributed by atoms with E-state index in [1.807, 2.05) is 24.3 Å². The van der Waals surface area contributed by atoms with Gasteiger partial charge in [0, 0.05) is 22.3 Å². The Hall–Kier alpha value is -1.87. The molecule has 2 aromatic rings. The minimum atomic E-state index is 0.407. The van der Waals surface area contributed by atoms with Crippen molar-refractivity contribution in [1.82, 2.24) is 0 Å². The van der Waals surface area contributed by atoms with Crippen LogP contribution in [0.4, 0.5) is 5.69 Å². The standard InChI is InChI=1S/C14H14ClNO2/c1-17-14-8-12(16)6-5-10(14)9-18-13-4-2-3-11(15)7-13/h2-8H,9,16H2,1H3. The summed E-state index contributed by atoms with van der Waals surface area (Å²) >= 11 is 5.88. The third-order valence-electron chi connectivity index (χ3n) is 2.50. The van der Waals surface area contributed by atoms with E-state index >= 15 is 0 Å². The van der Waals surface area contributed by atoms with Crippen LogP contribution in [0.2, 0.25) is 5.02 Å². The number of anilines is 1. The highest BCUT2D eigenvalue weighted by Crippen LogP contribution is 2.24. The molecule has 2 aromatic carbocycles. The van der Waals surface area contributed by atoms with Crippen molar-refractivity contribution in [3.63, 3.8) is 0 Å². The maximum atomic E-state index is 5.88. The fourth-order valence-corrected chi connectivity index (χ4v) is 1.78. The molecular formula is C14H14ClNO2. The number of benzene rings is 2. The molecule has 4 heteroatoms. The van der Waals surface area contributed by atoms with E-state index < -0.39 is 0 Å². The number of nitrogen functional groups attached to an aromatic ring is 1. The second-order valence-corrected chi connectivity index (χ2v) is 4.25. The number of halogens is 1. The molecule has 0 aromatic heterocycles. The lowest BCUT2D eigenvalue weighted by molar-refractivity contribution is 0.297. The first-order chi connectivity index (χ1) is 8.69. The minimum absolute atomic E-state index is 0.407. The average molecular weight is 264 g/mol. The molecule has 0 aliphatic rings. The van der Waals surface area contributed by atoms with Gasteiger partial charge in [0.15, 0.2) is 0 Å². The molecule has 2 N–H and O–H groups in total. The zero-order valence-electron chi connectivity index (χ0n) is 10.0. The van der Waals surface area contributed by atoms with Crippen LogP contribution in [0.5, 0.6) is 11.5 Å². The summed E-state index contributed by atoms with van der Waals surface area (Å²) in [7, 11) is 1.61. The van der Waals surface area contributed by atoms with Gasteiger partial charge >= 0.3 is 0 Å². The fraction of sp³-hybridized carbons (Fsp3) is 0.143. The maximum Gasteiger partial charge on any atom is 0.127 e. The number of nitrogens with two attached hydrogens (primary N) is 1. The predicted octanol–water partition coefficient (Wildman–Crippen LogP) is 3.51. The molecule has 0 aliphatic heterocycles. The van der Waals surface area contributed by atoms with Gasteiger partial charge in [0.05, 0.1) is 7.11 Å². The first-order valence-corrected chi connectivity index (χ1v) is 5.87. The highest BCUT2D eigenvalue weighted by molar-refractivity contribution is 6.30. The van der Waals surface area contributed by atoms with Crippen LogP contribution < -0.4 is 15.2 Å². The molecule has 2 rings (SSSR count). The van der Waals surface area contributed by atoms with Gasteiger partial charge in [0.25, 0.3) is 0 Å². The zero-order chi connectivity index (χ0) is 13.0. The van der Waals surface area contributed by atoms with Crippen molar-refractivity contribution in [2.45, 2.75) is 6.61 Å². The highest BCUT2D eigenvalue weighted by Gasteiger charge is 2.04. The van der Waals surface area contributed by atoms with Crippen LogP contribution in [0.15, 0.2) is 42.5 Å². The first kappa shape index (κ1) is 12.6. The van der Waals surface area contributed by atoms with Gasteiger partial charge in [0.2, 0.25) is 0 Å². The van der Waals surface area contributed by atoms with E-state index in [0.717, 1.165) is 17.1 Å². The molecule has 0 amide bonds. The van der Waals surface area contributed by atoms with Gasteiger partial charge in [0.1, 0.15) is 18.1 Å². The van der Waals surface area contributed by atoms with E-state index in [1.54, 1.807) is 25.3 Å². The van der Waals surface area contributed by atoms with Crippen LogP contribution in [-0.2, 0) is 6.61 Å². The van der Waals surface area contributed by atoms with Crippen molar-refractivity contribution >= 4 is 17.3 Å². The molecule has 3 nitrogen and oxygen atoms in total. The molecule has 0 spiro atoms. The molecule has 0 heterocycles. The van der Waals surface area contributed by atoms with Gasteiger partial charge in [-0.15, -0.1) is 0 Å². The topological polar surface area (TPSA) is 44.5 Å². The highest BCUT2D eigenvalue weighted by atomic mass is 35.5. The summed E-state index contributed by atoms with van der Waals surface area (Å²) < 4.78 is 10.9. The van der Waals surface area contributed by atoms with Crippen molar-refractivity contribution in [1.29, 1.82) is 0 Å². The second kappa shape index (κ2) is 5.65. The molecule has 0 fully saturated rings. The van der Waals surface area contributed by atoms with Gasteiger partial charge < -0.3 is 15.2 Å². The van der Waals surface area contributed by atoms with Gasteiger partial charge in [-0.25, -0.2) is 0 Å². The first-order valence-electron chi connectivity index (χ1n) is 5.50. The lowest BCUT2D eigenvalue weighted by atomic mass is 10.2. The van der Waals surface area contributed by atoms with Crippen LogP contribution >= 0.6 is 11.6 Å². The molecule has 0 bridgehead atoms. The molecule has 18 heavy (non-hydrogen) atoms. The number of ether oxygens (including phenoxy) is 2. The summed E-state index contributed by atoms with van der Waals surface area (Å²) in [5.41, 5.74) is 7.29. The Morgan fingerprint density at radius 1 is 1.17 bits per heavy atom. The lowest BCUT2D eigenvalue weighted by Gasteiger charge is -2.11. The van der Waals surface area contributed by atoms with Gasteiger partial charge in [-0.1, -0.05) is 17.7 Å². The van der Waals surface area contributed by atoms with Crippen molar-refractivity contribution in [2.75, 3.05) is 12.8 Å².